The van der Waals surface area contributed by atoms with Crippen LogP contribution < -0.4 is 10.7 Å². The molecule has 1 amide bonds. The van der Waals surface area contributed by atoms with Gasteiger partial charge in [0.1, 0.15) is 11.7 Å². The van der Waals surface area contributed by atoms with Crippen LogP contribution >= 0.6 is 11.6 Å². The van der Waals surface area contributed by atoms with E-state index >= 15 is 0 Å². The third-order valence-electron chi connectivity index (χ3n) is 1.94. The quantitative estimate of drug-likeness (QED) is 0.790. The number of rotatable bonds is 1. The van der Waals surface area contributed by atoms with Gasteiger partial charge in [0.05, 0.1) is 17.1 Å². The average molecular weight is 228 g/mol. The van der Waals surface area contributed by atoms with Crippen molar-refractivity contribution in [2.24, 2.45) is 10.8 Å². The Balaban J connectivity index is 2.38. The first-order chi connectivity index (χ1) is 7.08. The molecular formula is C9H7ClFN3O. The SMILES string of the molecule is NC1=NN(c2ccc(F)c(Cl)c2)C(=O)C1. The minimum atomic E-state index is -0.538. The molecule has 1 heterocycles. The lowest BCUT2D eigenvalue weighted by atomic mass is 10.3. The molecule has 4 nitrogen and oxygen atoms in total. The Labute approximate surface area is 90.1 Å². The first-order valence-corrected chi connectivity index (χ1v) is 4.56. The molecule has 0 aromatic heterocycles. The molecule has 0 saturated carbocycles. The smallest absolute Gasteiger partial charge is 0.255 e. The van der Waals surface area contributed by atoms with E-state index < -0.39 is 5.82 Å². The van der Waals surface area contributed by atoms with Crippen LogP contribution in [0.15, 0.2) is 23.3 Å². The summed E-state index contributed by atoms with van der Waals surface area (Å²) in [6.07, 6.45) is 0.0784. The zero-order valence-corrected chi connectivity index (χ0v) is 8.33. The largest absolute Gasteiger partial charge is 0.385 e. The molecule has 78 valence electrons. The molecule has 0 unspecified atom stereocenters. The third kappa shape index (κ3) is 1.78. The summed E-state index contributed by atoms with van der Waals surface area (Å²) in [5, 5.41) is 4.86. The van der Waals surface area contributed by atoms with Gasteiger partial charge >= 0.3 is 0 Å². The van der Waals surface area contributed by atoms with Crippen LogP contribution in [-0.4, -0.2) is 11.7 Å². The van der Waals surface area contributed by atoms with Crippen LogP contribution in [0, 0.1) is 5.82 Å². The maximum absolute atomic E-state index is 12.9. The van der Waals surface area contributed by atoms with Crippen LogP contribution in [0.5, 0.6) is 0 Å². The van der Waals surface area contributed by atoms with Crippen LogP contribution in [-0.2, 0) is 4.79 Å². The van der Waals surface area contributed by atoms with Gasteiger partial charge in [0.15, 0.2) is 0 Å². The molecule has 6 heteroatoms. The number of carbonyl (C=O) groups excluding carboxylic acids is 1. The van der Waals surface area contributed by atoms with E-state index in [0.717, 1.165) is 5.01 Å². The van der Waals surface area contributed by atoms with Gasteiger partial charge in [-0.3, -0.25) is 4.79 Å². The molecule has 2 rings (SSSR count). The third-order valence-corrected chi connectivity index (χ3v) is 2.23. The monoisotopic (exact) mass is 227 g/mol. The van der Waals surface area contributed by atoms with Crippen LogP contribution in [0.3, 0.4) is 0 Å². The minimum Gasteiger partial charge on any atom is -0.385 e. The molecule has 0 bridgehead atoms. The van der Waals surface area contributed by atoms with Gasteiger partial charge < -0.3 is 5.73 Å². The number of nitrogens with two attached hydrogens (primary N) is 1. The van der Waals surface area contributed by atoms with E-state index in [1.165, 1.54) is 18.2 Å². The number of amidine groups is 1. The molecule has 0 radical (unpaired) electrons. The fourth-order valence-corrected chi connectivity index (χ4v) is 1.44. The van der Waals surface area contributed by atoms with Crippen molar-refractivity contribution < 1.29 is 9.18 Å². The highest BCUT2D eigenvalue weighted by atomic mass is 35.5. The van der Waals surface area contributed by atoms with Crippen molar-refractivity contribution in [2.45, 2.75) is 6.42 Å². The second kappa shape index (κ2) is 3.51. The second-order valence-electron chi connectivity index (χ2n) is 3.07. The van der Waals surface area contributed by atoms with Gasteiger partial charge in [-0.05, 0) is 18.2 Å². The van der Waals surface area contributed by atoms with Gasteiger partial charge in [0.2, 0.25) is 0 Å². The number of hydrogen-bond donors (Lipinski definition) is 1. The molecule has 2 N–H and O–H groups in total. The lowest BCUT2D eigenvalue weighted by Gasteiger charge is -2.11. The van der Waals surface area contributed by atoms with E-state index in [2.05, 4.69) is 5.10 Å². The molecule has 1 aromatic rings. The molecule has 0 atom stereocenters. The number of amides is 1. The molecule has 1 aromatic carbocycles. The van der Waals surface area contributed by atoms with Gasteiger partial charge in [0.25, 0.3) is 5.91 Å². The Kier molecular flexibility index (Phi) is 2.32. The van der Waals surface area contributed by atoms with E-state index in [0.29, 0.717) is 5.69 Å². The summed E-state index contributed by atoms with van der Waals surface area (Å²) in [7, 11) is 0. The summed E-state index contributed by atoms with van der Waals surface area (Å²) in [4.78, 5) is 11.4. The number of benzene rings is 1. The highest BCUT2D eigenvalue weighted by Crippen LogP contribution is 2.25. The second-order valence-corrected chi connectivity index (χ2v) is 3.48. The minimum absolute atomic E-state index is 0.0547. The summed E-state index contributed by atoms with van der Waals surface area (Å²) >= 11 is 5.58. The Bertz CT molecular complexity index is 461. The number of halogens is 2. The van der Waals surface area contributed by atoms with Crippen molar-refractivity contribution in [2.75, 3.05) is 5.01 Å². The van der Waals surface area contributed by atoms with E-state index in [1.54, 1.807) is 0 Å². The highest BCUT2D eigenvalue weighted by Gasteiger charge is 2.23. The average Bonchev–Trinajstić information content (AvgIpc) is 2.50. The van der Waals surface area contributed by atoms with Crippen molar-refractivity contribution in [3.05, 3.63) is 29.0 Å². The van der Waals surface area contributed by atoms with Gasteiger partial charge in [-0.15, -0.1) is 0 Å². The Morgan fingerprint density at radius 3 is 2.80 bits per heavy atom. The van der Waals surface area contributed by atoms with Gasteiger partial charge in [-0.25, -0.2) is 4.39 Å². The maximum Gasteiger partial charge on any atom is 0.255 e. The van der Waals surface area contributed by atoms with Gasteiger partial charge in [-0.1, -0.05) is 11.6 Å². The number of hydrazone groups is 1. The Hall–Kier alpha value is -1.62. The molecule has 0 fully saturated rings. The summed E-state index contributed by atoms with van der Waals surface area (Å²) in [6.45, 7) is 0. The predicted octanol–water partition coefficient (Wildman–Crippen LogP) is 1.49. The fourth-order valence-electron chi connectivity index (χ4n) is 1.27. The summed E-state index contributed by atoms with van der Waals surface area (Å²) in [6, 6.07) is 3.92. The molecule has 15 heavy (non-hydrogen) atoms. The zero-order valence-electron chi connectivity index (χ0n) is 7.58. The predicted molar refractivity (Wildman–Crippen MR) is 55.1 cm³/mol. The molecule has 0 aliphatic carbocycles. The molecule has 1 aliphatic rings. The van der Waals surface area contributed by atoms with Crippen LogP contribution in [0.25, 0.3) is 0 Å². The first kappa shape index (κ1) is 9.92. The summed E-state index contributed by atoms with van der Waals surface area (Å²) in [5.74, 6) is -0.556. The van der Waals surface area contributed by atoms with E-state index in [1.807, 2.05) is 0 Å². The maximum atomic E-state index is 12.9. The number of carbonyl (C=O) groups is 1. The van der Waals surface area contributed by atoms with Crippen LogP contribution in [0.2, 0.25) is 5.02 Å². The topological polar surface area (TPSA) is 58.7 Å². The van der Waals surface area contributed by atoms with Crippen LogP contribution in [0.1, 0.15) is 6.42 Å². The van der Waals surface area contributed by atoms with E-state index in [4.69, 9.17) is 17.3 Å². The van der Waals surface area contributed by atoms with Crippen molar-refractivity contribution in [3.63, 3.8) is 0 Å². The van der Waals surface area contributed by atoms with Crippen molar-refractivity contribution in [3.8, 4) is 0 Å². The normalized spacial score (nSPS) is 15.7. The number of anilines is 1. The van der Waals surface area contributed by atoms with Crippen LogP contribution in [0.4, 0.5) is 10.1 Å². The molecule has 1 aliphatic heterocycles. The number of hydrogen-bond acceptors (Lipinski definition) is 3. The van der Waals surface area contributed by atoms with Gasteiger partial charge in [-0.2, -0.15) is 10.1 Å². The van der Waals surface area contributed by atoms with E-state index in [9.17, 15) is 9.18 Å². The first-order valence-electron chi connectivity index (χ1n) is 4.19. The standard InChI is InChI=1S/C9H7ClFN3O/c10-6-3-5(1-2-7(6)11)14-9(15)4-8(12)13-14/h1-3H,4H2,(H2,12,13). The molecular weight excluding hydrogens is 221 g/mol. The van der Waals surface area contributed by atoms with E-state index in [-0.39, 0.29) is 23.2 Å². The van der Waals surface area contributed by atoms with Crippen molar-refractivity contribution in [1.82, 2.24) is 0 Å². The lowest BCUT2D eigenvalue weighted by molar-refractivity contribution is -0.116. The fraction of sp³-hybridized carbons (Fsp3) is 0.111. The Morgan fingerprint density at radius 2 is 2.27 bits per heavy atom. The number of nitrogens with zero attached hydrogens (tertiary/aromatic N) is 2. The zero-order chi connectivity index (χ0) is 11.0. The lowest BCUT2D eigenvalue weighted by Crippen LogP contribution is -2.19. The molecule has 0 spiro atoms. The van der Waals surface area contributed by atoms with Gasteiger partial charge in [0, 0.05) is 0 Å². The Morgan fingerprint density at radius 1 is 1.53 bits per heavy atom. The summed E-state index contributed by atoms with van der Waals surface area (Å²) in [5.41, 5.74) is 5.81. The van der Waals surface area contributed by atoms with Crippen molar-refractivity contribution >= 4 is 29.0 Å². The van der Waals surface area contributed by atoms with Crippen molar-refractivity contribution in [1.29, 1.82) is 0 Å². The summed E-state index contributed by atoms with van der Waals surface area (Å²) < 4.78 is 12.9. The highest BCUT2D eigenvalue weighted by molar-refractivity contribution is 6.31. The molecule has 0 saturated heterocycles.